The van der Waals surface area contributed by atoms with Gasteiger partial charge in [0.15, 0.2) is 0 Å². The molecule has 27 heavy (non-hydrogen) atoms. The minimum Gasteiger partial charge on any atom is -0.459 e. The van der Waals surface area contributed by atoms with Gasteiger partial charge in [-0.15, -0.1) is 0 Å². The van der Waals surface area contributed by atoms with Gasteiger partial charge in [-0.25, -0.2) is 4.79 Å². The number of benzene rings is 1. The standard InChI is InChI=1S/C19H26N6O2/c1-6-24(7-2)15-10-8-14(9-11-15)17-16(18(26)27-12(3)4)13(5)20-19-21-22-23-25(17)19/h8-12,17H,6-7H2,1-5H3,(H,20,21,23). The van der Waals surface area contributed by atoms with E-state index in [9.17, 15) is 4.79 Å². The van der Waals surface area contributed by atoms with Crippen molar-refractivity contribution in [3.8, 4) is 0 Å². The van der Waals surface area contributed by atoms with E-state index in [2.05, 4.69) is 51.7 Å². The lowest BCUT2D eigenvalue weighted by molar-refractivity contribution is -0.143. The highest BCUT2D eigenvalue weighted by Gasteiger charge is 2.35. The molecule has 0 saturated carbocycles. The molecular formula is C19H26N6O2. The summed E-state index contributed by atoms with van der Waals surface area (Å²) >= 11 is 0. The number of aromatic nitrogens is 4. The Hall–Kier alpha value is -2.90. The van der Waals surface area contributed by atoms with Gasteiger partial charge in [0.2, 0.25) is 5.95 Å². The van der Waals surface area contributed by atoms with Crippen molar-refractivity contribution in [3.63, 3.8) is 0 Å². The minimum absolute atomic E-state index is 0.209. The Morgan fingerprint density at radius 1 is 1.26 bits per heavy atom. The first-order chi connectivity index (χ1) is 13.0. The molecule has 0 spiro atoms. The van der Waals surface area contributed by atoms with Crippen molar-refractivity contribution < 1.29 is 9.53 Å². The monoisotopic (exact) mass is 370 g/mol. The number of carbonyl (C=O) groups excluding carboxylic acids is 1. The quantitative estimate of drug-likeness (QED) is 0.783. The molecule has 1 aromatic heterocycles. The summed E-state index contributed by atoms with van der Waals surface area (Å²) in [5.74, 6) is 0.139. The fraction of sp³-hybridized carbons (Fsp3) is 0.474. The van der Waals surface area contributed by atoms with Gasteiger partial charge in [-0.05, 0) is 62.7 Å². The second kappa shape index (κ2) is 7.77. The Kier molecular flexibility index (Phi) is 5.43. The van der Waals surface area contributed by atoms with Crippen molar-refractivity contribution in [1.29, 1.82) is 0 Å². The van der Waals surface area contributed by atoms with E-state index in [1.807, 2.05) is 32.9 Å². The Morgan fingerprint density at radius 2 is 1.93 bits per heavy atom. The van der Waals surface area contributed by atoms with Crippen LogP contribution < -0.4 is 10.2 Å². The third-order valence-corrected chi connectivity index (χ3v) is 4.61. The number of hydrogen-bond acceptors (Lipinski definition) is 7. The summed E-state index contributed by atoms with van der Waals surface area (Å²) in [5, 5.41) is 14.9. The second-order valence-electron chi connectivity index (χ2n) is 6.73. The molecule has 2 aromatic rings. The van der Waals surface area contributed by atoms with Gasteiger partial charge in [-0.2, -0.15) is 4.68 Å². The number of ether oxygens (including phenoxy) is 1. The van der Waals surface area contributed by atoms with Crippen LogP contribution in [-0.4, -0.2) is 45.4 Å². The van der Waals surface area contributed by atoms with Crippen molar-refractivity contribution >= 4 is 17.6 Å². The summed E-state index contributed by atoms with van der Waals surface area (Å²) in [4.78, 5) is 15.1. The highest BCUT2D eigenvalue weighted by Crippen LogP contribution is 2.35. The first kappa shape index (κ1) is 18.9. The third kappa shape index (κ3) is 3.65. The van der Waals surface area contributed by atoms with E-state index in [1.165, 1.54) is 0 Å². The average molecular weight is 370 g/mol. The van der Waals surface area contributed by atoms with Crippen molar-refractivity contribution in [1.82, 2.24) is 20.2 Å². The van der Waals surface area contributed by atoms with Crippen LogP contribution in [0.5, 0.6) is 0 Å². The topological polar surface area (TPSA) is 85.2 Å². The van der Waals surface area contributed by atoms with Crippen LogP contribution in [0.4, 0.5) is 11.6 Å². The maximum Gasteiger partial charge on any atom is 0.338 e. The number of esters is 1. The van der Waals surface area contributed by atoms with Crippen molar-refractivity contribution in [2.45, 2.75) is 46.8 Å². The Balaban J connectivity index is 2.03. The predicted molar refractivity (Wildman–Crippen MR) is 104 cm³/mol. The summed E-state index contributed by atoms with van der Waals surface area (Å²) in [6.07, 6.45) is -0.209. The summed E-state index contributed by atoms with van der Waals surface area (Å²) in [6.45, 7) is 11.6. The maximum atomic E-state index is 12.8. The van der Waals surface area contributed by atoms with Crippen molar-refractivity contribution in [2.24, 2.45) is 0 Å². The molecule has 1 aromatic carbocycles. The molecule has 1 N–H and O–H groups in total. The summed E-state index contributed by atoms with van der Waals surface area (Å²) in [6, 6.07) is 7.73. The SMILES string of the molecule is CCN(CC)c1ccc(C2C(C(=O)OC(C)C)=C(C)Nc3nnnn32)cc1. The smallest absolute Gasteiger partial charge is 0.338 e. The number of allylic oxidation sites excluding steroid dienone is 1. The molecule has 8 nitrogen and oxygen atoms in total. The minimum atomic E-state index is -0.437. The van der Waals surface area contributed by atoms with E-state index in [0.717, 1.165) is 24.3 Å². The van der Waals surface area contributed by atoms with Crippen LogP contribution >= 0.6 is 0 Å². The van der Waals surface area contributed by atoms with Gasteiger partial charge in [0.1, 0.15) is 6.04 Å². The first-order valence-electron chi connectivity index (χ1n) is 9.27. The summed E-state index contributed by atoms with van der Waals surface area (Å²) in [5.41, 5.74) is 3.28. The molecule has 0 amide bonds. The van der Waals surface area contributed by atoms with Crippen LogP contribution in [-0.2, 0) is 9.53 Å². The van der Waals surface area contributed by atoms with Gasteiger partial charge in [0.05, 0.1) is 11.7 Å². The zero-order chi connectivity index (χ0) is 19.6. The van der Waals surface area contributed by atoms with E-state index in [0.29, 0.717) is 17.2 Å². The highest BCUT2D eigenvalue weighted by atomic mass is 16.5. The molecule has 2 heterocycles. The van der Waals surface area contributed by atoms with E-state index in [4.69, 9.17) is 4.74 Å². The van der Waals surface area contributed by atoms with E-state index < -0.39 is 6.04 Å². The lowest BCUT2D eigenvalue weighted by atomic mass is 9.95. The Labute approximate surface area is 159 Å². The van der Waals surface area contributed by atoms with Gasteiger partial charge >= 0.3 is 5.97 Å². The maximum absolute atomic E-state index is 12.8. The molecule has 3 rings (SSSR count). The molecule has 8 heteroatoms. The third-order valence-electron chi connectivity index (χ3n) is 4.61. The molecule has 0 radical (unpaired) electrons. The van der Waals surface area contributed by atoms with Gasteiger partial charge in [-0.3, -0.25) is 0 Å². The largest absolute Gasteiger partial charge is 0.459 e. The summed E-state index contributed by atoms with van der Waals surface area (Å²) < 4.78 is 7.09. The van der Waals surface area contributed by atoms with E-state index >= 15 is 0 Å². The van der Waals surface area contributed by atoms with Crippen LogP contribution in [0.1, 0.15) is 46.2 Å². The van der Waals surface area contributed by atoms with Gasteiger partial charge in [0, 0.05) is 24.5 Å². The molecule has 0 fully saturated rings. The lowest BCUT2D eigenvalue weighted by Gasteiger charge is -2.28. The molecule has 0 aliphatic carbocycles. The predicted octanol–water partition coefficient (Wildman–Crippen LogP) is 2.76. The van der Waals surface area contributed by atoms with Crippen LogP contribution in [0, 0.1) is 0 Å². The first-order valence-corrected chi connectivity index (χ1v) is 9.27. The number of tetrazole rings is 1. The normalized spacial score (nSPS) is 16.1. The number of rotatable bonds is 6. The molecular weight excluding hydrogens is 344 g/mol. The number of hydrogen-bond donors (Lipinski definition) is 1. The highest BCUT2D eigenvalue weighted by molar-refractivity contribution is 5.92. The average Bonchev–Trinajstić information content (AvgIpc) is 3.09. The zero-order valence-electron chi connectivity index (χ0n) is 16.4. The second-order valence-corrected chi connectivity index (χ2v) is 6.73. The van der Waals surface area contributed by atoms with E-state index in [1.54, 1.807) is 4.68 Å². The van der Waals surface area contributed by atoms with Crippen molar-refractivity contribution in [3.05, 3.63) is 41.1 Å². The summed E-state index contributed by atoms with van der Waals surface area (Å²) in [7, 11) is 0. The fourth-order valence-electron chi connectivity index (χ4n) is 3.32. The Morgan fingerprint density at radius 3 is 2.52 bits per heavy atom. The number of fused-ring (bicyclic) bond motifs is 1. The van der Waals surface area contributed by atoms with Gasteiger partial charge in [-0.1, -0.05) is 17.2 Å². The van der Waals surface area contributed by atoms with Gasteiger partial charge in [0.25, 0.3) is 0 Å². The molecule has 144 valence electrons. The van der Waals surface area contributed by atoms with Gasteiger partial charge < -0.3 is 15.0 Å². The van der Waals surface area contributed by atoms with Crippen LogP contribution in [0.2, 0.25) is 0 Å². The van der Waals surface area contributed by atoms with Crippen molar-refractivity contribution in [2.75, 3.05) is 23.3 Å². The number of nitrogens with one attached hydrogen (secondary N) is 1. The molecule has 0 bridgehead atoms. The van der Waals surface area contributed by atoms with Crippen LogP contribution in [0.15, 0.2) is 35.5 Å². The molecule has 0 saturated heterocycles. The van der Waals surface area contributed by atoms with Crippen LogP contribution in [0.3, 0.4) is 0 Å². The number of anilines is 2. The molecule has 1 unspecified atom stereocenters. The number of nitrogens with zero attached hydrogens (tertiary/aromatic N) is 5. The molecule has 1 aliphatic heterocycles. The zero-order valence-corrected chi connectivity index (χ0v) is 16.4. The lowest BCUT2D eigenvalue weighted by Crippen LogP contribution is -2.30. The van der Waals surface area contributed by atoms with E-state index in [-0.39, 0.29) is 12.1 Å². The fourth-order valence-corrected chi connectivity index (χ4v) is 3.32. The molecule has 1 aliphatic rings. The Bertz CT molecular complexity index is 836. The van der Waals surface area contributed by atoms with Crippen LogP contribution in [0.25, 0.3) is 0 Å². The number of carbonyl (C=O) groups is 1. The molecule has 1 atom stereocenters.